The molecule has 0 radical (unpaired) electrons. The van der Waals surface area contributed by atoms with Crippen LogP contribution in [0.4, 0.5) is 0 Å². The van der Waals surface area contributed by atoms with Crippen molar-refractivity contribution in [3.63, 3.8) is 0 Å². The van der Waals surface area contributed by atoms with Gasteiger partial charge in [-0.3, -0.25) is 4.79 Å². The molecule has 0 aromatic rings. The predicted molar refractivity (Wildman–Crippen MR) is 119 cm³/mol. The Bertz CT molecular complexity index is 378. The molecule has 0 aliphatic carbocycles. The maximum Gasteiger partial charge on any atom is 0.303 e. The molecule has 0 aromatic heterocycles. The Morgan fingerprint density at radius 2 is 1.33 bits per heavy atom. The van der Waals surface area contributed by atoms with E-state index in [0.29, 0.717) is 6.42 Å². The molecule has 0 saturated heterocycles. The van der Waals surface area contributed by atoms with Gasteiger partial charge in [-0.05, 0) is 32.1 Å². The normalized spacial score (nSPS) is 12.6. The number of allylic oxidation sites excluding steroid dienone is 1. The van der Waals surface area contributed by atoms with E-state index in [9.17, 15) is 9.90 Å². The van der Waals surface area contributed by atoms with Crippen molar-refractivity contribution in [1.82, 2.24) is 0 Å². The number of aliphatic hydroxyl groups is 5. The fraction of sp³-hybridized carbons (Fsp3) is 0.870. The second-order valence-electron chi connectivity index (χ2n) is 8.04. The Kier molecular flexibility index (Phi) is 23.6. The van der Waals surface area contributed by atoms with E-state index in [1.807, 2.05) is 0 Å². The fourth-order valence-electron chi connectivity index (χ4n) is 2.66. The first-order valence-corrected chi connectivity index (χ1v) is 11.4. The van der Waals surface area contributed by atoms with Gasteiger partial charge in [-0.1, -0.05) is 64.0 Å². The molecule has 1 unspecified atom stereocenters. The summed E-state index contributed by atoms with van der Waals surface area (Å²) in [7, 11) is 0. The summed E-state index contributed by atoms with van der Waals surface area (Å²) >= 11 is 0. The molecule has 0 heterocycles. The topological polar surface area (TPSA) is 138 Å². The molecule has 0 fully saturated rings. The highest BCUT2D eigenvalue weighted by Crippen LogP contribution is 2.12. The van der Waals surface area contributed by atoms with Crippen LogP contribution in [0.1, 0.15) is 90.4 Å². The Hall–Kier alpha value is -0.990. The summed E-state index contributed by atoms with van der Waals surface area (Å²) < 4.78 is 0. The van der Waals surface area contributed by atoms with Crippen LogP contribution in [0.3, 0.4) is 0 Å². The van der Waals surface area contributed by atoms with Gasteiger partial charge < -0.3 is 30.6 Å². The summed E-state index contributed by atoms with van der Waals surface area (Å²) in [4.78, 5) is 10.3. The molecule has 0 aliphatic heterocycles. The number of hydrogen-bond donors (Lipinski definition) is 6. The smallest absolute Gasteiger partial charge is 0.303 e. The maximum atomic E-state index is 10.3. The van der Waals surface area contributed by atoms with Gasteiger partial charge in [-0.2, -0.15) is 0 Å². The number of rotatable bonds is 19. The summed E-state index contributed by atoms with van der Waals surface area (Å²) in [6.07, 6.45) is 17.4. The Labute approximate surface area is 182 Å². The summed E-state index contributed by atoms with van der Waals surface area (Å²) in [6.45, 7) is 0.575. The highest BCUT2D eigenvalue weighted by Gasteiger charge is 2.26. The monoisotopic (exact) mass is 434 g/mol. The second-order valence-corrected chi connectivity index (χ2v) is 8.04. The molecule has 6 N–H and O–H groups in total. The standard InChI is InChI=1S/C18H34O3.C5H12O4/c1-2-3-4-11-14-17(19)15-12-9-7-5-6-8-10-13-16-18(20)21;6-1-5(2-7,3-8)4-9/h9,12,17,19H,2-8,10-11,13-16H2,1H3,(H,20,21);6-9H,1-4H2/b12-9-;. The van der Waals surface area contributed by atoms with Crippen molar-refractivity contribution in [2.45, 2.75) is 96.5 Å². The van der Waals surface area contributed by atoms with Gasteiger partial charge in [-0.15, -0.1) is 0 Å². The molecule has 180 valence electrons. The van der Waals surface area contributed by atoms with E-state index in [0.717, 1.165) is 51.4 Å². The van der Waals surface area contributed by atoms with Gasteiger partial charge in [-0.25, -0.2) is 0 Å². The number of aliphatic hydroxyl groups excluding tert-OH is 5. The van der Waals surface area contributed by atoms with Crippen LogP contribution in [0.25, 0.3) is 0 Å². The lowest BCUT2D eigenvalue weighted by Crippen LogP contribution is -2.37. The average Bonchev–Trinajstić information content (AvgIpc) is 2.75. The molecular weight excluding hydrogens is 388 g/mol. The Morgan fingerprint density at radius 1 is 0.800 bits per heavy atom. The largest absolute Gasteiger partial charge is 0.481 e. The van der Waals surface area contributed by atoms with Gasteiger partial charge in [0, 0.05) is 6.42 Å². The third kappa shape index (κ3) is 20.3. The van der Waals surface area contributed by atoms with E-state index in [-0.39, 0.29) is 6.10 Å². The molecule has 7 nitrogen and oxygen atoms in total. The molecule has 0 aromatic carbocycles. The highest BCUT2D eigenvalue weighted by atomic mass is 16.4. The van der Waals surface area contributed by atoms with Crippen LogP contribution < -0.4 is 0 Å². The SMILES string of the molecule is CCCCCCC(O)C/C=C\CCCCCCCC(=O)O.OCC(CO)(CO)CO. The van der Waals surface area contributed by atoms with Crippen LogP contribution in [-0.2, 0) is 4.79 Å². The molecule has 0 spiro atoms. The Balaban J connectivity index is 0. The van der Waals surface area contributed by atoms with Crippen molar-refractivity contribution in [2.75, 3.05) is 26.4 Å². The van der Waals surface area contributed by atoms with E-state index in [1.54, 1.807) is 0 Å². The van der Waals surface area contributed by atoms with Crippen LogP contribution in [0.5, 0.6) is 0 Å². The summed E-state index contributed by atoms with van der Waals surface area (Å²) in [5, 5.41) is 52.3. The van der Waals surface area contributed by atoms with Crippen LogP contribution in [0, 0.1) is 5.41 Å². The van der Waals surface area contributed by atoms with E-state index in [2.05, 4.69) is 19.1 Å². The van der Waals surface area contributed by atoms with E-state index in [1.165, 1.54) is 25.7 Å². The van der Waals surface area contributed by atoms with Crippen LogP contribution in [-0.4, -0.2) is 69.1 Å². The van der Waals surface area contributed by atoms with Gasteiger partial charge in [0.2, 0.25) is 0 Å². The minimum absolute atomic E-state index is 0.172. The van der Waals surface area contributed by atoms with Gasteiger partial charge in [0.15, 0.2) is 0 Å². The van der Waals surface area contributed by atoms with Crippen molar-refractivity contribution in [2.24, 2.45) is 5.41 Å². The number of carboxylic acids is 1. The van der Waals surface area contributed by atoms with E-state index >= 15 is 0 Å². The molecule has 0 amide bonds. The number of carboxylic acid groups (broad SMARTS) is 1. The van der Waals surface area contributed by atoms with Crippen LogP contribution in [0.15, 0.2) is 12.2 Å². The van der Waals surface area contributed by atoms with Crippen molar-refractivity contribution >= 4 is 5.97 Å². The summed E-state index contributed by atoms with van der Waals surface area (Å²) in [5.74, 6) is -0.689. The lowest BCUT2D eigenvalue weighted by atomic mass is 9.93. The summed E-state index contributed by atoms with van der Waals surface area (Å²) in [5.41, 5.74) is -1.11. The third-order valence-corrected chi connectivity index (χ3v) is 5.07. The molecule has 0 rings (SSSR count). The van der Waals surface area contributed by atoms with Gasteiger partial charge >= 0.3 is 5.97 Å². The minimum atomic E-state index is -1.11. The third-order valence-electron chi connectivity index (χ3n) is 5.07. The molecule has 0 saturated carbocycles. The van der Waals surface area contributed by atoms with E-state index < -0.39 is 37.8 Å². The minimum Gasteiger partial charge on any atom is -0.481 e. The molecular formula is C23H46O7. The zero-order valence-electron chi connectivity index (χ0n) is 18.8. The first-order chi connectivity index (χ1) is 14.4. The lowest BCUT2D eigenvalue weighted by Gasteiger charge is -2.23. The molecule has 1 atom stereocenters. The Morgan fingerprint density at radius 3 is 1.83 bits per heavy atom. The second kappa shape index (κ2) is 22.7. The van der Waals surface area contributed by atoms with E-state index in [4.69, 9.17) is 25.5 Å². The maximum absolute atomic E-state index is 10.3. The molecule has 7 heteroatoms. The number of carbonyl (C=O) groups is 1. The molecule has 0 aliphatic rings. The number of hydrogen-bond acceptors (Lipinski definition) is 6. The van der Waals surface area contributed by atoms with Gasteiger partial charge in [0.1, 0.15) is 0 Å². The quantitative estimate of drug-likeness (QED) is 0.136. The summed E-state index contributed by atoms with van der Waals surface area (Å²) in [6, 6.07) is 0. The zero-order chi connectivity index (χ0) is 23.1. The fourth-order valence-corrected chi connectivity index (χ4v) is 2.66. The first-order valence-electron chi connectivity index (χ1n) is 11.4. The number of unbranched alkanes of at least 4 members (excludes halogenated alkanes) is 8. The van der Waals surface area contributed by atoms with Gasteiger partial charge in [0.05, 0.1) is 37.9 Å². The highest BCUT2D eigenvalue weighted by molar-refractivity contribution is 5.66. The zero-order valence-corrected chi connectivity index (χ0v) is 18.8. The first kappa shape index (κ1) is 31.2. The van der Waals surface area contributed by atoms with Crippen molar-refractivity contribution in [3.05, 3.63) is 12.2 Å². The molecule has 30 heavy (non-hydrogen) atoms. The van der Waals surface area contributed by atoms with Crippen molar-refractivity contribution in [1.29, 1.82) is 0 Å². The lowest BCUT2D eigenvalue weighted by molar-refractivity contribution is -0.137. The average molecular weight is 435 g/mol. The molecule has 0 bridgehead atoms. The predicted octanol–water partition coefficient (Wildman–Crippen LogP) is 3.02. The van der Waals surface area contributed by atoms with Gasteiger partial charge in [0.25, 0.3) is 0 Å². The van der Waals surface area contributed by atoms with Crippen molar-refractivity contribution < 1.29 is 35.4 Å². The number of aliphatic carboxylic acids is 1. The van der Waals surface area contributed by atoms with Crippen LogP contribution in [0.2, 0.25) is 0 Å². The van der Waals surface area contributed by atoms with Crippen molar-refractivity contribution in [3.8, 4) is 0 Å². The van der Waals surface area contributed by atoms with Crippen LogP contribution >= 0.6 is 0 Å².